The van der Waals surface area contributed by atoms with E-state index in [-0.39, 0.29) is 0 Å². The fourth-order valence-electron chi connectivity index (χ4n) is 3.90. The first-order valence-corrected chi connectivity index (χ1v) is 11.1. The molecule has 0 amide bonds. The van der Waals surface area contributed by atoms with E-state index in [9.17, 15) is 0 Å². The van der Waals surface area contributed by atoms with Crippen molar-refractivity contribution in [2.45, 2.75) is 97.2 Å². The van der Waals surface area contributed by atoms with E-state index in [1.165, 1.54) is 82.7 Å². The van der Waals surface area contributed by atoms with E-state index < -0.39 is 0 Å². The lowest BCUT2D eigenvalue weighted by Gasteiger charge is -2.33. The molecule has 0 bridgehead atoms. The van der Waals surface area contributed by atoms with Crippen molar-refractivity contribution >= 4 is 0 Å². The van der Waals surface area contributed by atoms with E-state index in [0.29, 0.717) is 6.17 Å². The highest BCUT2D eigenvalue weighted by Gasteiger charge is 2.25. The van der Waals surface area contributed by atoms with Crippen molar-refractivity contribution in [3.05, 3.63) is 48.3 Å². The van der Waals surface area contributed by atoms with Crippen molar-refractivity contribution in [3.63, 3.8) is 0 Å². The van der Waals surface area contributed by atoms with Gasteiger partial charge in [0.25, 0.3) is 0 Å². The molecule has 0 spiro atoms. The average molecular weight is 357 g/mol. The van der Waals surface area contributed by atoms with Crippen LogP contribution < -0.4 is 0 Å². The van der Waals surface area contributed by atoms with E-state index in [0.717, 1.165) is 6.54 Å². The van der Waals surface area contributed by atoms with Gasteiger partial charge in [-0.05, 0) is 24.8 Å². The summed E-state index contributed by atoms with van der Waals surface area (Å²) in [4.78, 5) is 5.15. The molecular weight excluding hydrogens is 316 g/mol. The SMILES string of the molecule is CCCCCCCCCN1C=CN(Cc2ccccc2)C1CCCCC. The number of rotatable bonds is 14. The molecule has 0 saturated carbocycles. The lowest BCUT2D eigenvalue weighted by Crippen LogP contribution is -2.38. The molecule has 2 nitrogen and oxygen atoms in total. The third kappa shape index (κ3) is 7.43. The molecule has 1 heterocycles. The van der Waals surface area contributed by atoms with Crippen LogP contribution in [0.5, 0.6) is 0 Å². The minimum absolute atomic E-state index is 0.557. The van der Waals surface area contributed by atoms with Gasteiger partial charge < -0.3 is 9.80 Å². The summed E-state index contributed by atoms with van der Waals surface area (Å²) in [5, 5.41) is 0. The smallest absolute Gasteiger partial charge is 0.101 e. The Labute approximate surface area is 162 Å². The second kappa shape index (κ2) is 12.8. The molecule has 1 aliphatic rings. The Hall–Kier alpha value is -1.44. The Morgan fingerprint density at radius 2 is 1.31 bits per heavy atom. The molecule has 1 unspecified atom stereocenters. The van der Waals surface area contributed by atoms with Gasteiger partial charge in [0.1, 0.15) is 6.17 Å². The molecule has 0 N–H and O–H groups in total. The average Bonchev–Trinajstić information content (AvgIpc) is 3.04. The van der Waals surface area contributed by atoms with Gasteiger partial charge in [-0.15, -0.1) is 0 Å². The van der Waals surface area contributed by atoms with Crippen LogP contribution in [0.3, 0.4) is 0 Å². The summed E-state index contributed by atoms with van der Waals surface area (Å²) in [5.41, 5.74) is 1.41. The van der Waals surface area contributed by atoms with Gasteiger partial charge in [-0.1, -0.05) is 95.5 Å². The second-order valence-corrected chi connectivity index (χ2v) is 7.79. The summed E-state index contributed by atoms with van der Waals surface area (Å²) in [6.45, 7) is 6.83. The van der Waals surface area contributed by atoms with Gasteiger partial charge in [0.15, 0.2) is 0 Å². The topological polar surface area (TPSA) is 6.48 Å². The molecule has 1 aliphatic heterocycles. The largest absolute Gasteiger partial charge is 0.356 e. The first-order chi connectivity index (χ1) is 12.8. The van der Waals surface area contributed by atoms with Crippen LogP contribution in [0.4, 0.5) is 0 Å². The van der Waals surface area contributed by atoms with E-state index in [4.69, 9.17) is 0 Å². The van der Waals surface area contributed by atoms with Gasteiger partial charge in [0.05, 0.1) is 0 Å². The van der Waals surface area contributed by atoms with Gasteiger partial charge >= 0.3 is 0 Å². The summed E-state index contributed by atoms with van der Waals surface area (Å²) in [6, 6.07) is 10.9. The quantitative estimate of drug-likeness (QED) is 0.333. The van der Waals surface area contributed by atoms with Crippen molar-refractivity contribution in [2.24, 2.45) is 0 Å². The Morgan fingerprint density at radius 3 is 2.04 bits per heavy atom. The third-order valence-corrected chi connectivity index (χ3v) is 5.51. The van der Waals surface area contributed by atoms with Gasteiger partial charge in [0, 0.05) is 25.5 Å². The number of nitrogens with zero attached hydrogens (tertiary/aromatic N) is 2. The lowest BCUT2D eigenvalue weighted by atomic mass is 10.1. The minimum Gasteiger partial charge on any atom is -0.356 e. The van der Waals surface area contributed by atoms with Crippen molar-refractivity contribution in [3.8, 4) is 0 Å². The Morgan fingerprint density at radius 1 is 0.692 bits per heavy atom. The van der Waals surface area contributed by atoms with E-state index in [2.05, 4.69) is 66.4 Å². The summed E-state index contributed by atoms with van der Waals surface area (Å²) >= 11 is 0. The summed E-state index contributed by atoms with van der Waals surface area (Å²) in [6.07, 6.45) is 20.2. The maximum atomic E-state index is 2.60. The van der Waals surface area contributed by atoms with Crippen LogP contribution in [0.1, 0.15) is 90.0 Å². The normalized spacial score (nSPS) is 16.6. The highest BCUT2D eigenvalue weighted by atomic mass is 15.4. The fraction of sp³-hybridized carbons (Fsp3) is 0.667. The second-order valence-electron chi connectivity index (χ2n) is 7.79. The molecule has 2 heteroatoms. The van der Waals surface area contributed by atoms with Crippen LogP contribution in [0.15, 0.2) is 42.7 Å². The van der Waals surface area contributed by atoms with Gasteiger partial charge in [0.2, 0.25) is 0 Å². The zero-order chi connectivity index (χ0) is 18.5. The Kier molecular flexibility index (Phi) is 10.3. The number of benzene rings is 1. The molecule has 0 saturated heterocycles. The summed E-state index contributed by atoms with van der Waals surface area (Å²) < 4.78 is 0. The lowest BCUT2D eigenvalue weighted by molar-refractivity contribution is 0.132. The van der Waals surface area contributed by atoms with E-state index >= 15 is 0 Å². The highest BCUT2D eigenvalue weighted by molar-refractivity contribution is 5.15. The summed E-state index contributed by atoms with van der Waals surface area (Å²) in [7, 11) is 0. The highest BCUT2D eigenvalue weighted by Crippen LogP contribution is 2.24. The van der Waals surface area contributed by atoms with Crippen LogP contribution in [-0.2, 0) is 6.54 Å². The number of unbranched alkanes of at least 4 members (excludes halogenated alkanes) is 8. The van der Waals surface area contributed by atoms with Crippen LogP contribution in [0, 0.1) is 0 Å². The molecule has 146 valence electrons. The van der Waals surface area contributed by atoms with E-state index in [1.807, 2.05) is 0 Å². The van der Waals surface area contributed by atoms with E-state index in [1.54, 1.807) is 0 Å². The van der Waals surface area contributed by atoms with Gasteiger partial charge in [-0.25, -0.2) is 0 Å². The third-order valence-electron chi connectivity index (χ3n) is 5.51. The van der Waals surface area contributed by atoms with Crippen molar-refractivity contribution in [1.82, 2.24) is 9.80 Å². The van der Waals surface area contributed by atoms with Crippen molar-refractivity contribution in [1.29, 1.82) is 0 Å². The van der Waals surface area contributed by atoms with Crippen LogP contribution in [0.25, 0.3) is 0 Å². The van der Waals surface area contributed by atoms with Gasteiger partial charge in [-0.2, -0.15) is 0 Å². The molecule has 1 atom stereocenters. The molecule has 26 heavy (non-hydrogen) atoms. The van der Waals surface area contributed by atoms with Crippen LogP contribution >= 0.6 is 0 Å². The zero-order valence-corrected chi connectivity index (χ0v) is 17.2. The van der Waals surface area contributed by atoms with Crippen molar-refractivity contribution in [2.75, 3.05) is 6.54 Å². The zero-order valence-electron chi connectivity index (χ0n) is 17.2. The number of hydrogen-bond donors (Lipinski definition) is 0. The maximum absolute atomic E-state index is 2.60. The van der Waals surface area contributed by atoms with Crippen LogP contribution in [0.2, 0.25) is 0 Å². The molecule has 1 aromatic rings. The van der Waals surface area contributed by atoms with Crippen molar-refractivity contribution < 1.29 is 0 Å². The predicted octanol–water partition coefficient (Wildman–Crippen LogP) is 6.93. The van der Waals surface area contributed by atoms with Crippen LogP contribution in [-0.4, -0.2) is 22.5 Å². The fourth-order valence-corrected chi connectivity index (χ4v) is 3.90. The molecule has 0 radical (unpaired) electrons. The first kappa shape index (κ1) is 20.9. The molecule has 0 aromatic heterocycles. The standard InChI is InChI=1S/C24H40N2/c1-3-5-7-8-9-10-15-19-25-20-21-26(24(25)18-12-6-4-2)22-23-16-13-11-14-17-23/h11,13-14,16-17,20-21,24H,3-10,12,15,18-19,22H2,1-2H3. The number of hydrogen-bond acceptors (Lipinski definition) is 2. The molecule has 1 aromatic carbocycles. The summed E-state index contributed by atoms with van der Waals surface area (Å²) in [5.74, 6) is 0. The maximum Gasteiger partial charge on any atom is 0.101 e. The molecular formula is C24H40N2. The molecule has 0 aliphatic carbocycles. The Bertz CT molecular complexity index is 482. The molecule has 2 rings (SSSR count). The first-order valence-electron chi connectivity index (χ1n) is 11.1. The molecule has 0 fully saturated rings. The monoisotopic (exact) mass is 356 g/mol. The predicted molar refractivity (Wildman–Crippen MR) is 114 cm³/mol. The Balaban J connectivity index is 1.77. The minimum atomic E-state index is 0.557. The van der Waals surface area contributed by atoms with Gasteiger partial charge in [-0.3, -0.25) is 0 Å².